The van der Waals surface area contributed by atoms with Crippen molar-refractivity contribution < 1.29 is 23.8 Å². The molecule has 2 aromatic rings. The maximum Gasteiger partial charge on any atom is 0.175 e. The highest BCUT2D eigenvalue weighted by Gasteiger charge is 2.43. The number of carbonyl (C=O) groups is 2. The van der Waals surface area contributed by atoms with Crippen molar-refractivity contribution >= 4 is 39.1 Å². The highest BCUT2D eigenvalue weighted by Crippen LogP contribution is 2.51. The van der Waals surface area contributed by atoms with Gasteiger partial charge in [-0.25, -0.2) is 0 Å². The van der Waals surface area contributed by atoms with Gasteiger partial charge in [0.1, 0.15) is 6.61 Å². The summed E-state index contributed by atoms with van der Waals surface area (Å²) in [6.45, 7) is 1.64. The van der Waals surface area contributed by atoms with Crippen LogP contribution in [-0.2, 0) is 20.9 Å². The predicted molar refractivity (Wildman–Crippen MR) is 154 cm³/mol. The lowest BCUT2D eigenvalue weighted by Crippen LogP contribution is -2.39. The van der Waals surface area contributed by atoms with Gasteiger partial charge in [0.2, 0.25) is 0 Å². The van der Waals surface area contributed by atoms with Crippen molar-refractivity contribution in [1.82, 2.24) is 4.90 Å². The van der Waals surface area contributed by atoms with Crippen LogP contribution in [0.1, 0.15) is 62.0 Å². The molecule has 3 aliphatic rings. The summed E-state index contributed by atoms with van der Waals surface area (Å²) in [5.74, 6) is 0.905. The largest absolute Gasteiger partial charge is 0.493 e. The molecule has 0 saturated carbocycles. The van der Waals surface area contributed by atoms with Crippen molar-refractivity contribution in [1.29, 1.82) is 0 Å². The summed E-state index contributed by atoms with van der Waals surface area (Å²) < 4.78 is 17.9. The van der Waals surface area contributed by atoms with E-state index in [2.05, 4.69) is 20.8 Å². The van der Waals surface area contributed by atoms with Crippen molar-refractivity contribution in [3.63, 3.8) is 0 Å². The van der Waals surface area contributed by atoms with E-state index in [9.17, 15) is 9.59 Å². The molecular weight excluding hydrogens is 582 g/mol. The van der Waals surface area contributed by atoms with Crippen molar-refractivity contribution in [2.75, 3.05) is 27.4 Å². The topological polar surface area (TPSA) is 65.1 Å². The minimum atomic E-state index is -0.419. The quantitative estimate of drug-likeness (QED) is 0.280. The zero-order valence-electron chi connectivity index (χ0n) is 22.4. The van der Waals surface area contributed by atoms with E-state index >= 15 is 0 Å². The molecule has 0 spiro atoms. The number of carbonyl (C=O) groups excluding carboxylic acids is 2. The highest BCUT2D eigenvalue weighted by molar-refractivity contribution is 9.10. The minimum Gasteiger partial charge on any atom is -0.493 e. The van der Waals surface area contributed by atoms with Gasteiger partial charge in [-0.2, -0.15) is 0 Å². The summed E-state index contributed by atoms with van der Waals surface area (Å²) in [7, 11) is 3.29. The fourth-order valence-corrected chi connectivity index (χ4v) is 6.76. The molecule has 0 N–H and O–H groups in total. The van der Waals surface area contributed by atoms with Crippen LogP contribution >= 0.6 is 27.5 Å². The molecule has 39 heavy (non-hydrogen) atoms. The van der Waals surface area contributed by atoms with Gasteiger partial charge < -0.3 is 19.1 Å². The molecule has 0 bridgehead atoms. The van der Waals surface area contributed by atoms with Crippen LogP contribution in [0.15, 0.2) is 63.4 Å². The lowest BCUT2D eigenvalue weighted by molar-refractivity contribution is -0.117. The van der Waals surface area contributed by atoms with Crippen molar-refractivity contribution in [2.24, 2.45) is 0 Å². The van der Waals surface area contributed by atoms with Gasteiger partial charge in [0.25, 0.3) is 0 Å². The highest BCUT2D eigenvalue weighted by atomic mass is 79.9. The Morgan fingerprint density at radius 1 is 0.974 bits per heavy atom. The average molecular weight is 615 g/mol. The van der Waals surface area contributed by atoms with E-state index < -0.39 is 5.92 Å². The average Bonchev–Trinajstić information content (AvgIpc) is 2.93. The zero-order valence-corrected chi connectivity index (χ0v) is 24.7. The normalized spacial score (nSPS) is 17.9. The summed E-state index contributed by atoms with van der Waals surface area (Å²) in [4.78, 5) is 29.4. The predicted octanol–water partition coefficient (Wildman–Crippen LogP) is 7.14. The number of halogens is 2. The Balaban J connectivity index is 1.58. The van der Waals surface area contributed by atoms with E-state index in [1.165, 1.54) is 0 Å². The fourth-order valence-electron chi connectivity index (χ4n) is 6.00. The van der Waals surface area contributed by atoms with E-state index in [0.717, 1.165) is 72.3 Å². The van der Waals surface area contributed by atoms with E-state index in [1.807, 2.05) is 36.4 Å². The number of methoxy groups -OCH3 is 2. The first-order chi connectivity index (χ1) is 18.9. The van der Waals surface area contributed by atoms with Crippen LogP contribution in [0.5, 0.6) is 11.5 Å². The van der Waals surface area contributed by atoms with Crippen molar-refractivity contribution in [2.45, 2.75) is 57.5 Å². The van der Waals surface area contributed by atoms with E-state index in [1.54, 1.807) is 14.2 Å². The molecule has 0 amide bonds. The van der Waals surface area contributed by atoms with Crippen LogP contribution in [0, 0.1) is 0 Å². The summed E-state index contributed by atoms with van der Waals surface area (Å²) in [6, 6.07) is 11.4. The van der Waals surface area contributed by atoms with Gasteiger partial charge >= 0.3 is 0 Å². The fraction of sp³-hybridized carbons (Fsp3) is 0.419. The summed E-state index contributed by atoms with van der Waals surface area (Å²) in [6.07, 6.45) is 5.12. The monoisotopic (exact) mass is 613 g/mol. The Labute approximate surface area is 243 Å². The van der Waals surface area contributed by atoms with Gasteiger partial charge in [-0.3, -0.25) is 9.59 Å². The van der Waals surface area contributed by atoms with E-state index in [-0.39, 0.29) is 18.2 Å². The number of allylic oxidation sites excluding steroid dienone is 4. The first kappa shape index (κ1) is 27.9. The van der Waals surface area contributed by atoms with Crippen LogP contribution < -0.4 is 9.47 Å². The third kappa shape index (κ3) is 5.54. The van der Waals surface area contributed by atoms with Crippen LogP contribution in [0.2, 0.25) is 5.02 Å². The zero-order chi connectivity index (χ0) is 27.5. The van der Waals surface area contributed by atoms with Gasteiger partial charge in [0, 0.05) is 72.1 Å². The second-order valence-electron chi connectivity index (χ2n) is 10.1. The summed E-state index contributed by atoms with van der Waals surface area (Å²) in [5.41, 5.74) is 5.36. The van der Waals surface area contributed by atoms with E-state index in [0.29, 0.717) is 40.4 Å². The second kappa shape index (κ2) is 12.3. The van der Waals surface area contributed by atoms with Crippen molar-refractivity contribution in [3.05, 3.63) is 79.6 Å². The number of Topliss-reactive ketones (excluding diaryl/α,β-unsaturated/α-hetero) is 2. The molecule has 6 nitrogen and oxygen atoms in total. The van der Waals surface area contributed by atoms with Crippen LogP contribution in [0.3, 0.4) is 0 Å². The maximum absolute atomic E-state index is 13.5. The molecular formula is C31H33BrClNO5. The number of hydrogen-bond donors (Lipinski definition) is 0. The number of benzene rings is 2. The molecule has 0 atom stereocenters. The third-order valence-electron chi connectivity index (χ3n) is 7.73. The van der Waals surface area contributed by atoms with Crippen LogP contribution in [-0.4, -0.2) is 43.8 Å². The number of ketones is 2. The SMILES string of the molecule is COCCCN1C2=C(C(=O)CCC2)C(c2cc(Br)c(OCc3ccccc3Cl)c(OC)c2)C2=C1CCCC2=O. The Kier molecular flexibility index (Phi) is 8.79. The lowest BCUT2D eigenvalue weighted by Gasteiger charge is -2.44. The van der Waals surface area contributed by atoms with Gasteiger partial charge in [0.05, 0.1) is 11.6 Å². The maximum atomic E-state index is 13.5. The Hall–Kier alpha value is -2.61. The number of hydrogen-bond acceptors (Lipinski definition) is 6. The molecule has 8 heteroatoms. The Bertz CT molecular complexity index is 1310. The number of nitrogens with zero attached hydrogens (tertiary/aromatic N) is 1. The summed E-state index contributed by atoms with van der Waals surface area (Å²) in [5, 5.41) is 0.632. The molecule has 0 saturated heterocycles. The molecule has 1 aliphatic heterocycles. The lowest BCUT2D eigenvalue weighted by atomic mass is 9.71. The standard InChI is InChI=1S/C31H33BrClNO5/c1-37-15-7-14-34-23-10-5-12-25(35)29(23)28(30-24(34)11-6-13-26(30)36)20-16-21(32)31(27(17-20)38-2)39-18-19-8-3-4-9-22(19)33/h3-4,8-9,16-17,28H,5-7,10-15,18H2,1-2H3. The molecule has 1 heterocycles. The van der Waals surface area contributed by atoms with Gasteiger partial charge in [-0.05, 0) is 71.8 Å². The van der Waals surface area contributed by atoms with Crippen LogP contribution in [0.25, 0.3) is 0 Å². The minimum absolute atomic E-state index is 0.122. The Morgan fingerprint density at radius 3 is 2.26 bits per heavy atom. The molecule has 206 valence electrons. The molecule has 5 rings (SSSR count). The van der Waals surface area contributed by atoms with E-state index in [4.69, 9.17) is 25.8 Å². The van der Waals surface area contributed by atoms with Crippen LogP contribution in [0.4, 0.5) is 0 Å². The molecule has 2 aliphatic carbocycles. The smallest absolute Gasteiger partial charge is 0.175 e. The first-order valence-corrected chi connectivity index (χ1v) is 14.6. The molecule has 0 fully saturated rings. The number of ether oxygens (including phenoxy) is 3. The van der Waals surface area contributed by atoms with Crippen molar-refractivity contribution in [3.8, 4) is 11.5 Å². The van der Waals surface area contributed by atoms with Gasteiger partial charge in [0.15, 0.2) is 23.1 Å². The molecule has 0 radical (unpaired) electrons. The Morgan fingerprint density at radius 2 is 1.64 bits per heavy atom. The number of rotatable bonds is 9. The second-order valence-corrected chi connectivity index (χ2v) is 11.4. The van der Waals surface area contributed by atoms with Gasteiger partial charge in [-0.1, -0.05) is 29.8 Å². The molecule has 0 aromatic heterocycles. The first-order valence-electron chi connectivity index (χ1n) is 13.5. The molecule has 2 aromatic carbocycles. The summed E-state index contributed by atoms with van der Waals surface area (Å²) >= 11 is 10.0. The molecule has 0 unspecified atom stereocenters. The third-order valence-corrected chi connectivity index (χ3v) is 8.69. The van der Waals surface area contributed by atoms with Gasteiger partial charge in [-0.15, -0.1) is 0 Å².